The van der Waals surface area contributed by atoms with Crippen LogP contribution < -0.4 is 5.32 Å². The minimum absolute atomic E-state index is 0.0516. The lowest BCUT2D eigenvalue weighted by Gasteiger charge is -2.39. The maximum Gasteiger partial charge on any atom is 0.126 e. The van der Waals surface area contributed by atoms with Crippen molar-refractivity contribution in [1.82, 2.24) is 9.88 Å². The molecule has 0 aromatic carbocycles. The van der Waals surface area contributed by atoms with Crippen molar-refractivity contribution < 1.29 is 4.74 Å². The minimum Gasteiger partial charge on any atom is -0.377 e. The third kappa shape index (κ3) is 3.84. The van der Waals surface area contributed by atoms with Gasteiger partial charge in [-0.15, -0.1) is 0 Å². The van der Waals surface area contributed by atoms with E-state index in [2.05, 4.69) is 29.0 Å². The second-order valence-corrected chi connectivity index (χ2v) is 6.03. The minimum atomic E-state index is -0.0516. The van der Waals surface area contributed by atoms with Crippen LogP contribution in [0.15, 0.2) is 12.1 Å². The van der Waals surface area contributed by atoms with E-state index >= 15 is 0 Å². The van der Waals surface area contributed by atoms with Crippen LogP contribution >= 0.6 is 11.6 Å². The molecule has 20 heavy (non-hydrogen) atoms. The fourth-order valence-corrected chi connectivity index (χ4v) is 2.86. The molecule has 112 valence electrons. The Morgan fingerprint density at radius 2 is 2.30 bits per heavy atom. The van der Waals surface area contributed by atoms with Crippen LogP contribution in [0.25, 0.3) is 0 Å². The van der Waals surface area contributed by atoms with Gasteiger partial charge in [0.2, 0.25) is 0 Å². The van der Waals surface area contributed by atoms with E-state index in [0.717, 1.165) is 55.6 Å². The van der Waals surface area contributed by atoms with Crippen LogP contribution in [0, 0.1) is 0 Å². The zero-order chi connectivity index (χ0) is 14.6. The normalized spacial score (nSPS) is 23.8. The zero-order valence-corrected chi connectivity index (χ0v) is 13.3. The second-order valence-electron chi connectivity index (χ2n) is 5.62. The molecule has 0 aliphatic carbocycles. The van der Waals surface area contributed by atoms with Crippen molar-refractivity contribution in [3.8, 4) is 0 Å². The summed E-state index contributed by atoms with van der Waals surface area (Å²) in [6.45, 7) is 7.86. The van der Waals surface area contributed by atoms with Crippen molar-refractivity contribution in [2.45, 2.75) is 38.8 Å². The van der Waals surface area contributed by atoms with Crippen molar-refractivity contribution in [2.75, 3.05) is 32.1 Å². The molecule has 0 spiro atoms. The summed E-state index contributed by atoms with van der Waals surface area (Å²) < 4.78 is 5.63. The molecule has 1 aromatic heterocycles. The first-order valence-corrected chi connectivity index (χ1v) is 7.61. The first-order chi connectivity index (χ1) is 9.56. The summed E-state index contributed by atoms with van der Waals surface area (Å²) in [6.07, 6.45) is 2.26. The van der Waals surface area contributed by atoms with Gasteiger partial charge in [-0.2, -0.15) is 0 Å². The predicted octanol–water partition coefficient (Wildman–Crippen LogP) is 3.17. The van der Waals surface area contributed by atoms with Gasteiger partial charge < -0.3 is 10.1 Å². The molecule has 4 nitrogen and oxygen atoms in total. The van der Waals surface area contributed by atoms with Gasteiger partial charge in [-0.3, -0.25) is 4.90 Å². The maximum absolute atomic E-state index is 6.27. The lowest BCUT2D eigenvalue weighted by atomic mass is 9.94. The van der Waals surface area contributed by atoms with Crippen molar-refractivity contribution >= 4 is 17.4 Å². The Morgan fingerprint density at radius 3 is 3.00 bits per heavy atom. The standard InChI is InChI=1S/C15H24ClN3O/c1-4-17-14-7-6-12(16)13(18-14)10-19-9-5-8-15(2,11-19)20-3/h6-7H,4-5,8-11H2,1-3H3,(H,17,18). The van der Waals surface area contributed by atoms with Crippen LogP contribution in [0.2, 0.25) is 5.02 Å². The molecule has 2 rings (SSSR count). The van der Waals surface area contributed by atoms with E-state index in [1.165, 1.54) is 0 Å². The first-order valence-electron chi connectivity index (χ1n) is 7.23. The van der Waals surface area contributed by atoms with Gasteiger partial charge in [-0.05, 0) is 45.4 Å². The van der Waals surface area contributed by atoms with Gasteiger partial charge in [0.05, 0.1) is 16.3 Å². The van der Waals surface area contributed by atoms with E-state index < -0.39 is 0 Å². The lowest BCUT2D eigenvalue weighted by molar-refractivity contribution is -0.0529. The molecule has 2 heterocycles. The Balaban J connectivity index is 2.07. The number of halogens is 1. The maximum atomic E-state index is 6.27. The van der Waals surface area contributed by atoms with E-state index in [4.69, 9.17) is 16.3 Å². The molecule has 1 aliphatic heterocycles. The number of anilines is 1. The Kier molecular flexibility index (Phi) is 5.24. The fraction of sp³-hybridized carbons (Fsp3) is 0.667. The number of piperidine rings is 1. The molecule has 1 aliphatic rings. The number of likely N-dealkylation sites (tertiary alicyclic amines) is 1. The summed E-state index contributed by atoms with van der Waals surface area (Å²) in [5, 5.41) is 3.96. The van der Waals surface area contributed by atoms with E-state index in [0.29, 0.717) is 0 Å². The largest absolute Gasteiger partial charge is 0.377 e. The quantitative estimate of drug-likeness (QED) is 0.906. The van der Waals surface area contributed by atoms with Crippen LogP contribution in [-0.4, -0.2) is 42.2 Å². The molecule has 1 aromatic rings. The summed E-state index contributed by atoms with van der Waals surface area (Å²) >= 11 is 6.27. The molecule has 0 amide bonds. The SMILES string of the molecule is CCNc1ccc(Cl)c(CN2CCCC(C)(OC)C2)n1. The first kappa shape index (κ1) is 15.5. The van der Waals surface area contributed by atoms with Gasteiger partial charge in [0.25, 0.3) is 0 Å². The van der Waals surface area contributed by atoms with Crippen LogP contribution in [0.1, 0.15) is 32.4 Å². The summed E-state index contributed by atoms with van der Waals surface area (Å²) in [5.74, 6) is 0.887. The highest BCUT2D eigenvalue weighted by molar-refractivity contribution is 6.31. The summed E-state index contributed by atoms with van der Waals surface area (Å²) in [6, 6.07) is 3.84. The number of methoxy groups -OCH3 is 1. The third-order valence-electron chi connectivity index (χ3n) is 3.88. The monoisotopic (exact) mass is 297 g/mol. The number of hydrogen-bond donors (Lipinski definition) is 1. The molecular formula is C15H24ClN3O. The van der Waals surface area contributed by atoms with Gasteiger partial charge in [0.15, 0.2) is 0 Å². The van der Waals surface area contributed by atoms with Gasteiger partial charge in [0, 0.05) is 26.7 Å². The van der Waals surface area contributed by atoms with Crippen molar-refractivity contribution in [1.29, 1.82) is 0 Å². The highest BCUT2D eigenvalue weighted by atomic mass is 35.5. The number of hydrogen-bond acceptors (Lipinski definition) is 4. The van der Waals surface area contributed by atoms with E-state index in [1.54, 1.807) is 7.11 Å². The molecule has 1 unspecified atom stereocenters. The van der Waals surface area contributed by atoms with Crippen LogP contribution in [0.3, 0.4) is 0 Å². The van der Waals surface area contributed by atoms with Gasteiger partial charge in [-0.1, -0.05) is 11.6 Å². The number of ether oxygens (including phenoxy) is 1. The summed E-state index contributed by atoms with van der Waals surface area (Å²) in [5.41, 5.74) is 0.884. The Bertz CT molecular complexity index is 455. The van der Waals surface area contributed by atoms with Crippen LogP contribution in [0.5, 0.6) is 0 Å². The highest BCUT2D eigenvalue weighted by Gasteiger charge is 2.31. The molecule has 0 radical (unpaired) electrons. The van der Waals surface area contributed by atoms with Gasteiger partial charge in [-0.25, -0.2) is 4.98 Å². The highest BCUT2D eigenvalue weighted by Crippen LogP contribution is 2.26. The third-order valence-corrected chi connectivity index (χ3v) is 4.22. The fourth-order valence-electron chi connectivity index (χ4n) is 2.70. The number of pyridine rings is 1. The Labute approximate surface area is 126 Å². The number of aromatic nitrogens is 1. The van der Waals surface area contributed by atoms with E-state index in [1.807, 2.05) is 12.1 Å². The van der Waals surface area contributed by atoms with Gasteiger partial charge >= 0.3 is 0 Å². The zero-order valence-electron chi connectivity index (χ0n) is 12.6. The van der Waals surface area contributed by atoms with Gasteiger partial charge in [0.1, 0.15) is 5.82 Å². The second kappa shape index (κ2) is 6.74. The smallest absolute Gasteiger partial charge is 0.126 e. The molecule has 1 atom stereocenters. The molecule has 1 saturated heterocycles. The molecule has 0 saturated carbocycles. The lowest BCUT2D eigenvalue weighted by Crippen LogP contribution is -2.47. The van der Waals surface area contributed by atoms with E-state index in [-0.39, 0.29) is 5.60 Å². The van der Waals surface area contributed by atoms with Crippen molar-refractivity contribution in [3.05, 3.63) is 22.8 Å². The summed E-state index contributed by atoms with van der Waals surface area (Å²) in [7, 11) is 1.79. The number of nitrogens with zero attached hydrogens (tertiary/aromatic N) is 2. The van der Waals surface area contributed by atoms with Crippen LogP contribution in [0.4, 0.5) is 5.82 Å². The predicted molar refractivity (Wildman–Crippen MR) is 83.3 cm³/mol. The van der Waals surface area contributed by atoms with Crippen molar-refractivity contribution in [2.24, 2.45) is 0 Å². The average Bonchev–Trinajstić information content (AvgIpc) is 2.43. The molecule has 1 fully saturated rings. The summed E-state index contributed by atoms with van der Waals surface area (Å²) in [4.78, 5) is 6.98. The van der Waals surface area contributed by atoms with Crippen LogP contribution in [-0.2, 0) is 11.3 Å². The average molecular weight is 298 g/mol. The Hall–Kier alpha value is -0.840. The number of nitrogens with one attached hydrogen (secondary N) is 1. The van der Waals surface area contributed by atoms with E-state index in [9.17, 15) is 0 Å². The molecule has 1 N–H and O–H groups in total. The van der Waals surface area contributed by atoms with Crippen molar-refractivity contribution in [3.63, 3.8) is 0 Å². The molecule has 0 bridgehead atoms. The molecule has 5 heteroatoms. The molecular weight excluding hydrogens is 274 g/mol. The number of rotatable bonds is 5. The topological polar surface area (TPSA) is 37.4 Å². The Morgan fingerprint density at radius 1 is 1.50 bits per heavy atom.